The first-order chi connectivity index (χ1) is 22.0. The Labute approximate surface area is 262 Å². The van der Waals surface area contributed by atoms with Crippen molar-refractivity contribution in [2.75, 3.05) is 27.8 Å². The zero-order valence-electron chi connectivity index (χ0n) is 25.0. The maximum absolute atomic E-state index is 15.7. The van der Waals surface area contributed by atoms with E-state index in [0.717, 1.165) is 0 Å². The highest BCUT2D eigenvalue weighted by atomic mass is 19.1. The number of nitrogens with two attached hydrogens (primary N) is 1. The third kappa shape index (κ3) is 6.40. The molecule has 0 amide bonds. The normalized spacial score (nSPS) is 20.7. The lowest BCUT2D eigenvalue weighted by Crippen LogP contribution is -2.36. The van der Waals surface area contributed by atoms with Gasteiger partial charge in [0.15, 0.2) is 17.3 Å². The van der Waals surface area contributed by atoms with Crippen LogP contribution in [0.25, 0.3) is 0 Å². The number of aromatic nitrogens is 1. The summed E-state index contributed by atoms with van der Waals surface area (Å²) >= 11 is 0. The molecule has 4 unspecified atom stereocenters. The Balaban J connectivity index is 1.47. The largest absolute Gasteiger partial charge is 0.504 e. The molecule has 4 N–H and O–H groups in total. The van der Waals surface area contributed by atoms with Crippen LogP contribution in [0.2, 0.25) is 0 Å². The summed E-state index contributed by atoms with van der Waals surface area (Å²) in [6, 6.07) is 8.29. The molecule has 0 radical (unpaired) electrons. The summed E-state index contributed by atoms with van der Waals surface area (Å²) in [6.45, 7) is 0.488. The molecule has 0 bridgehead atoms. The van der Waals surface area contributed by atoms with E-state index in [1.54, 1.807) is 19.3 Å². The second-order valence-corrected chi connectivity index (χ2v) is 10.6. The number of nitrogen functional groups attached to an aromatic ring is 1. The highest BCUT2D eigenvalue weighted by Gasteiger charge is 2.47. The smallest absolute Gasteiger partial charge is 0.313 e. The van der Waals surface area contributed by atoms with Gasteiger partial charge in [0, 0.05) is 23.9 Å². The number of hydrogen-bond acceptors (Lipinski definition) is 12. The fourth-order valence-electron chi connectivity index (χ4n) is 5.41. The molecule has 2 aromatic carbocycles. The van der Waals surface area contributed by atoms with Gasteiger partial charge in [-0.3, -0.25) is 24.9 Å². The molecule has 46 heavy (non-hydrogen) atoms. The first-order valence-corrected chi connectivity index (χ1v) is 14.1. The SMILES string of the molecule is COC(=O)C1CCC(Oc2ccc(Oc3c(F)cnc(Oc4cc(C(=N)N)ccc4O)c3F)c(C3N=CCN3C)c2)C1C(=O)OC. The fourth-order valence-corrected chi connectivity index (χ4v) is 5.41. The molecule has 1 saturated carbocycles. The molecule has 2 aliphatic rings. The Kier molecular flexibility index (Phi) is 9.32. The number of carbonyl (C=O) groups is 2. The van der Waals surface area contributed by atoms with E-state index in [1.165, 1.54) is 44.6 Å². The van der Waals surface area contributed by atoms with E-state index in [9.17, 15) is 19.1 Å². The van der Waals surface area contributed by atoms with E-state index in [1.807, 2.05) is 4.90 Å². The number of hydrogen-bond donors (Lipinski definition) is 3. The average molecular weight is 640 g/mol. The van der Waals surface area contributed by atoms with Crippen LogP contribution in [0, 0.1) is 28.9 Å². The minimum Gasteiger partial charge on any atom is -0.504 e. The zero-order valence-corrected chi connectivity index (χ0v) is 25.0. The Morgan fingerprint density at radius 1 is 1.04 bits per heavy atom. The summed E-state index contributed by atoms with van der Waals surface area (Å²) in [4.78, 5) is 34.9. The number of phenolic OH excluding ortho intramolecular Hbond substituents is 1. The molecule has 5 rings (SSSR count). The number of pyridine rings is 1. The first kappa shape index (κ1) is 32.1. The summed E-state index contributed by atoms with van der Waals surface area (Å²) in [5.41, 5.74) is 6.07. The van der Waals surface area contributed by atoms with Gasteiger partial charge in [-0.1, -0.05) is 0 Å². The van der Waals surface area contributed by atoms with Crippen LogP contribution >= 0.6 is 0 Å². The van der Waals surface area contributed by atoms with Crippen LogP contribution in [-0.4, -0.2) is 72.9 Å². The number of esters is 2. The van der Waals surface area contributed by atoms with Gasteiger partial charge in [-0.15, -0.1) is 0 Å². The number of amidine groups is 1. The number of aliphatic imine (C=N–C) groups is 1. The summed E-state index contributed by atoms with van der Waals surface area (Å²) in [7, 11) is 4.26. The van der Waals surface area contributed by atoms with E-state index in [-0.39, 0.29) is 22.9 Å². The molecule has 3 aromatic rings. The lowest BCUT2D eigenvalue weighted by Gasteiger charge is -2.25. The van der Waals surface area contributed by atoms with E-state index < -0.39 is 65.1 Å². The predicted molar refractivity (Wildman–Crippen MR) is 158 cm³/mol. The fraction of sp³-hybridized carbons (Fsp3) is 0.323. The van der Waals surface area contributed by atoms with Crippen molar-refractivity contribution >= 4 is 24.0 Å². The number of rotatable bonds is 10. The van der Waals surface area contributed by atoms with Crippen LogP contribution in [0.3, 0.4) is 0 Å². The minimum atomic E-state index is -1.30. The van der Waals surface area contributed by atoms with E-state index in [0.29, 0.717) is 36.9 Å². The second kappa shape index (κ2) is 13.4. The van der Waals surface area contributed by atoms with Crippen LogP contribution in [0.5, 0.6) is 34.6 Å². The van der Waals surface area contributed by atoms with E-state index in [4.69, 9.17) is 34.8 Å². The van der Waals surface area contributed by atoms with Gasteiger partial charge in [0.05, 0.1) is 26.3 Å². The van der Waals surface area contributed by atoms with Crippen LogP contribution in [0.1, 0.15) is 30.1 Å². The second-order valence-electron chi connectivity index (χ2n) is 10.6. The molecular weight excluding hydrogens is 608 g/mol. The zero-order chi connectivity index (χ0) is 33.1. The van der Waals surface area contributed by atoms with Gasteiger partial charge in [-0.05, 0) is 56.3 Å². The van der Waals surface area contributed by atoms with E-state index >= 15 is 4.39 Å². The van der Waals surface area contributed by atoms with Crippen molar-refractivity contribution in [2.45, 2.75) is 25.1 Å². The van der Waals surface area contributed by atoms with Crippen molar-refractivity contribution < 1.29 is 47.2 Å². The Morgan fingerprint density at radius 3 is 2.48 bits per heavy atom. The summed E-state index contributed by atoms with van der Waals surface area (Å²) in [5, 5.41) is 17.8. The number of phenols is 1. The van der Waals surface area contributed by atoms with Gasteiger partial charge in [0.2, 0.25) is 11.6 Å². The Hall–Kier alpha value is -5.31. The van der Waals surface area contributed by atoms with Crippen molar-refractivity contribution in [1.82, 2.24) is 9.88 Å². The van der Waals surface area contributed by atoms with Gasteiger partial charge in [0.25, 0.3) is 5.88 Å². The predicted octanol–water partition coefficient (Wildman–Crippen LogP) is 4.07. The van der Waals surface area contributed by atoms with Crippen molar-refractivity contribution in [3.05, 3.63) is 65.4 Å². The third-order valence-electron chi connectivity index (χ3n) is 7.74. The molecule has 2 heterocycles. The highest BCUT2D eigenvalue weighted by Crippen LogP contribution is 2.42. The van der Waals surface area contributed by atoms with Gasteiger partial charge in [-0.25, -0.2) is 9.37 Å². The minimum absolute atomic E-state index is 0.0306. The molecule has 4 atom stereocenters. The Bertz CT molecular complexity index is 1700. The molecule has 0 saturated heterocycles. The molecule has 242 valence electrons. The quantitative estimate of drug-likeness (QED) is 0.165. The summed E-state index contributed by atoms with van der Waals surface area (Å²) in [6.07, 6.45) is 1.76. The Morgan fingerprint density at radius 2 is 1.80 bits per heavy atom. The monoisotopic (exact) mass is 639 g/mol. The first-order valence-electron chi connectivity index (χ1n) is 14.1. The molecule has 15 heteroatoms. The van der Waals surface area contributed by atoms with Gasteiger partial charge < -0.3 is 34.5 Å². The molecule has 13 nitrogen and oxygen atoms in total. The standard InChI is InChI=1S/C31H31F2N5O8/c1-38-11-10-36-28(38)18-13-16(44-22-9-6-17(30(40)42-2)24(22)31(41)43-3)5-8-21(18)45-26-19(32)14-37-29(25(26)33)46-23-12-15(27(34)35)4-7-20(23)39/h4-5,7-8,10,12-14,17,22,24,28,39H,6,9,11H2,1-3H3,(H3,34,35). The lowest BCUT2D eigenvalue weighted by molar-refractivity contribution is -0.158. The van der Waals surface area contributed by atoms with Crippen molar-refractivity contribution in [1.29, 1.82) is 5.41 Å². The average Bonchev–Trinajstić information content (AvgIpc) is 3.67. The molecule has 1 aromatic heterocycles. The molecule has 0 spiro atoms. The van der Waals surface area contributed by atoms with Crippen LogP contribution in [0.15, 0.2) is 47.6 Å². The van der Waals surface area contributed by atoms with Gasteiger partial charge in [0.1, 0.15) is 35.5 Å². The maximum atomic E-state index is 15.7. The van der Waals surface area contributed by atoms with Gasteiger partial charge >= 0.3 is 11.9 Å². The molecule has 1 aliphatic carbocycles. The molecule has 1 aliphatic heterocycles. The number of ether oxygens (including phenoxy) is 5. The van der Waals surface area contributed by atoms with Crippen molar-refractivity contribution in [3.8, 4) is 34.6 Å². The number of halogens is 2. The topological polar surface area (TPSA) is 179 Å². The molecular formula is C31H31F2N5O8. The number of methoxy groups -OCH3 is 2. The van der Waals surface area contributed by atoms with E-state index in [2.05, 4.69) is 9.98 Å². The number of benzene rings is 2. The van der Waals surface area contributed by atoms with Crippen LogP contribution in [0.4, 0.5) is 8.78 Å². The number of nitrogens with zero attached hydrogens (tertiary/aromatic N) is 3. The summed E-state index contributed by atoms with van der Waals surface area (Å²) < 4.78 is 57.9. The maximum Gasteiger partial charge on any atom is 0.313 e. The van der Waals surface area contributed by atoms with Gasteiger partial charge in [-0.2, -0.15) is 4.39 Å². The van der Waals surface area contributed by atoms with Crippen molar-refractivity contribution in [2.24, 2.45) is 22.6 Å². The lowest BCUT2D eigenvalue weighted by atomic mass is 9.95. The highest BCUT2D eigenvalue weighted by molar-refractivity contribution is 5.95. The summed E-state index contributed by atoms with van der Waals surface area (Å²) in [5.74, 6) is -7.45. The van der Waals surface area contributed by atoms with Crippen molar-refractivity contribution in [3.63, 3.8) is 0 Å². The third-order valence-corrected chi connectivity index (χ3v) is 7.74. The van der Waals surface area contributed by atoms with Crippen LogP contribution < -0.4 is 19.9 Å². The number of nitrogens with one attached hydrogen (secondary N) is 1. The number of carbonyl (C=O) groups excluding carboxylic acids is 2. The molecule has 1 fully saturated rings. The van der Waals surface area contributed by atoms with Crippen LogP contribution in [-0.2, 0) is 19.1 Å². The number of aromatic hydroxyl groups is 1.